The minimum Gasteiger partial charge on any atom is -0.350 e. The summed E-state index contributed by atoms with van der Waals surface area (Å²) in [6.45, 7) is 3.38. The van der Waals surface area contributed by atoms with E-state index in [1.807, 2.05) is 24.3 Å². The van der Waals surface area contributed by atoms with E-state index >= 15 is 0 Å². The van der Waals surface area contributed by atoms with Crippen molar-refractivity contribution in [3.63, 3.8) is 0 Å². The first-order valence-electron chi connectivity index (χ1n) is 5.62. The van der Waals surface area contributed by atoms with E-state index in [-0.39, 0.29) is 5.91 Å². The predicted octanol–water partition coefficient (Wildman–Crippen LogP) is 1.39. The van der Waals surface area contributed by atoms with Crippen molar-refractivity contribution in [2.24, 2.45) is 0 Å². The van der Waals surface area contributed by atoms with Crippen LogP contribution >= 0.6 is 15.9 Å². The van der Waals surface area contributed by atoms with Crippen LogP contribution in [0.4, 0.5) is 0 Å². The van der Waals surface area contributed by atoms with Crippen LogP contribution in [-0.2, 0) is 21.4 Å². The Morgan fingerprint density at radius 2 is 2.00 bits per heavy atom. The van der Waals surface area contributed by atoms with Crippen molar-refractivity contribution >= 4 is 31.9 Å². The maximum Gasteiger partial charge on any atom is 0.240 e. The van der Waals surface area contributed by atoms with Crippen LogP contribution in [0, 0.1) is 0 Å². The lowest BCUT2D eigenvalue weighted by atomic mass is 10.1. The Balaban J connectivity index is 2.65. The summed E-state index contributed by atoms with van der Waals surface area (Å²) in [7, 11) is -3.43. The van der Waals surface area contributed by atoms with Gasteiger partial charge in [-0.1, -0.05) is 28.1 Å². The monoisotopic (exact) mass is 348 g/mol. The molecule has 2 N–H and O–H groups in total. The third-order valence-electron chi connectivity index (χ3n) is 2.35. The van der Waals surface area contributed by atoms with Gasteiger partial charge in [-0.25, -0.2) is 13.1 Å². The Labute approximate surface area is 122 Å². The van der Waals surface area contributed by atoms with Gasteiger partial charge in [-0.3, -0.25) is 4.79 Å². The van der Waals surface area contributed by atoms with Crippen LogP contribution in [0.2, 0.25) is 0 Å². The molecular weight excluding hydrogens is 332 g/mol. The number of hydrogen-bond acceptors (Lipinski definition) is 3. The van der Waals surface area contributed by atoms with Crippen LogP contribution in [-0.4, -0.2) is 26.1 Å². The number of halogens is 1. The fourth-order valence-corrected chi connectivity index (χ4v) is 3.03. The van der Waals surface area contributed by atoms with Gasteiger partial charge in [0.2, 0.25) is 15.9 Å². The first-order valence-corrected chi connectivity index (χ1v) is 8.30. The minimum atomic E-state index is -3.43. The van der Waals surface area contributed by atoms with E-state index < -0.39 is 15.6 Å². The van der Waals surface area contributed by atoms with Gasteiger partial charge in [-0.2, -0.15) is 0 Å². The Hall–Kier alpha value is -0.920. The molecule has 5 nitrogen and oxygen atoms in total. The van der Waals surface area contributed by atoms with Crippen LogP contribution in [0.3, 0.4) is 0 Å². The fourth-order valence-electron chi connectivity index (χ4n) is 1.56. The largest absolute Gasteiger partial charge is 0.350 e. The molecule has 0 unspecified atom stereocenters. The number of rotatable bonds is 5. The second-order valence-electron chi connectivity index (χ2n) is 4.81. The standard InChI is InChI=1S/C12H17BrN2O3S/c1-12(2,15-19(3,17)18)11(16)14-8-9-5-4-6-10(13)7-9/h4-7,15H,8H2,1-3H3,(H,14,16). The van der Waals surface area contributed by atoms with E-state index in [9.17, 15) is 13.2 Å². The van der Waals surface area contributed by atoms with Gasteiger partial charge in [-0.05, 0) is 31.5 Å². The zero-order chi connectivity index (χ0) is 14.7. The highest BCUT2D eigenvalue weighted by molar-refractivity contribution is 9.10. The van der Waals surface area contributed by atoms with Crippen LogP contribution in [0.25, 0.3) is 0 Å². The summed E-state index contributed by atoms with van der Waals surface area (Å²) in [6.07, 6.45) is 1.02. The third-order valence-corrected chi connectivity index (χ3v) is 3.72. The molecule has 0 bridgehead atoms. The van der Waals surface area contributed by atoms with Gasteiger partial charge < -0.3 is 5.32 Å². The topological polar surface area (TPSA) is 75.3 Å². The summed E-state index contributed by atoms with van der Waals surface area (Å²) in [6, 6.07) is 7.52. The zero-order valence-electron chi connectivity index (χ0n) is 11.0. The van der Waals surface area contributed by atoms with Gasteiger partial charge >= 0.3 is 0 Å². The van der Waals surface area contributed by atoms with E-state index in [0.717, 1.165) is 16.3 Å². The SMILES string of the molecule is CC(C)(NS(C)(=O)=O)C(=O)NCc1cccc(Br)c1. The second kappa shape index (κ2) is 6.02. The van der Waals surface area contributed by atoms with Crippen LogP contribution in [0.1, 0.15) is 19.4 Å². The smallest absolute Gasteiger partial charge is 0.240 e. The van der Waals surface area contributed by atoms with Gasteiger partial charge in [0.05, 0.1) is 6.26 Å². The van der Waals surface area contributed by atoms with Crippen LogP contribution in [0.15, 0.2) is 28.7 Å². The first-order chi connectivity index (χ1) is 8.60. The molecule has 106 valence electrons. The highest BCUT2D eigenvalue weighted by atomic mass is 79.9. The average molecular weight is 349 g/mol. The molecule has 0 aliphatic heterocycles. The molecule has 0 fully saturated rings. The van der Waals surface area contributed by atoms with E-state index in [0.29, 0.717) is 6.54 Å². The van der Waals surface area contributed by atoms with Gasteiger partial charge in [0.1, 0.15) is 5.54 Å². The summed E-state index contributed by atoms with van der Waals surface area (Å²) in [4.78, 5) is 12.0. The number of amides is 1. The van der Waals surface area contributed by atoms with Crippen molar-refractivity contribution in [3.8, 4) is 0 Å². The Kier molecular flexibility index (Phi) is 5.11. The maximum atomic E-state index is 12.0. The summed E-state index contributed by atoms with van der Waals surface area (Å²) in [5.41, 5.74) is -0.252. The number of hydrogen-bond donors (Lipinski definition) is 2. The lowest BCUT2D eigenvalue weighted by Crippen LogP contribution is -2.54. The summed E-state index contributed by atoms with van der Waals surface area (Å²) < 4.78 is 25.6. The van der Waals surface area contributed by atoms with E-state index in [1.54, 1.807) is 0 Å². The minimum absolute atomic E-state index is 0.340. The zero-order valence-corrected chi connectivity index (χ0v) is 13.4. The molecule has 1 aromatic carbocycles. The molecule has 0 aromatic heterocycles. The van der Waals surface area contributed by atoms with Crippen molar-refractivity contribution in [1.29, 1.82) is 0 Å². The lowest BCUT2D eigenvalue weighted by molar-refractivity contribution is -0.125. The molecule has 1 rings (SSSR count). The molecule has 0 aliphatic carbocycles. The van der Waals surface area contributed by atoms with Gasteiger partial charge in [0.25, 0.3) is 0 Å². The highest BCUT2D eigenvalue weighted by Gasteiger charge is 2.30. The molecule has 0 aliphatic rings. The molecule has 1 amide bonds. The maximum absolute atomic E-state index is 12.0. The predicted molar refractivity (Wildman–Crippen MR) is 78.0 cm³/mol. The van der Waals surface area contributed by atoms with Crippen molar-refractivity contribution < 1.29 is 13.2 Å². The summed E-state index contributed by atoms with van der Waals surface area (Å²) >= 11 is 3.34. The van der Waals surface area contributed by atoms with Crippen molar-refractivity contribution in [2.45, 2.75) is 25.9 Å². The molecule has 1 aromatic rings. The first kappa shape index (κ1) is 16.1. The summed E-state index contributed by atoms with van der Waals surface area (Å²) in [5.74, 6) is -0.377. The average Bonchev–Trinajstić information content (AvgIpc) is 2.22. The van der Waals surface area contributed by atoms with E-state index in [4.69, 9.17) is 0 Å². The second-order valence-corrected chi connectivity index (χ2v) is 7.48. The quantitative estimate of drug-likeness (QED) is 0.844. The van der Waals surface area contributed by atoms with E-state index in [2.05, 4.69) is 26.0 Å². The Morgan fingerprint density at radius 3 is 2.53 bits per heavy atom. The molecule has 7 heteroatoms. The Morgan fingerprint density at radius 1 is 1.37 bits per heavy atom. The molecule has 0 heterocycles. The highest BCUT2D eigenvalue weighted by Crippen LogP contribution is 2.12. The Bertz CT molecular complexity index is 570. The normalized spacial score (nSPS) is 12.2. The number of sulfonamides is 1. The molecule has 0 atom stereocenters. The van der Waals surface area contributed by atoms with Crippen molar-refractivity contribution in [1.82, 2.24) is 10.0 Å². The lowest BCUT2D eigenvalue weighted by Gasteiger charge is -2.23. The number of carbonyl (C=O) groups is 1. The van der Waals surface area contributed by atoms with Crippen LogP contribution < -0.4 is 10.0 Å². The van der Waals surface area contributed by atoms with Gasteiger partial charge in [-0.15, -0.1) is 0 Å². The molecule has 19 heavy (non-hydrogen) atoms. The molecule has 0 saturated heterocycles. The molecule has 0 saturated carbocycles. The fraction of sp³-hybridized carbons (Fsp3) is 0.417. The molecular formula is C12H17BrN2O3S. The van der Waals surface area contributed by atoms with Gasteiger partial charge in [0, 0.05) is 11.0 Å². The van der Waals surface area contributed by atoms with Crippen molar-refractivity contribution in [3.05, 3.63) is 34.3 Å². The van der Waals surface area contributed by atoms with E-state index in [1.165, 1.54) is 13.8 Å². The number of carbonyl (C=O) groups excluding carboxylic acids is 1. The third kappa shape index (κ3) is 5.71. The molecule has 0 spiro atoms. The molecule has 0 radical (unpaired) electrons. The van der Waals surface area contributed by atoms with Crippen LogP contribution in [0.5, 0.6) is 0 Å². The van der Waals surface area contributed by atoms with Gasteiger partial charge in [0.15, 0.2) is 0 Å². The number of benzene rings is 1. The summed E-state index contributed by atoms with van der Waals surface area (Å²) in [5, 5.41) is 2.70. The number of nitrogens with one attached hydrogen (secondary N) is 2. The van der Waals surface area contributed by atoms with Crippen molar-refractivity contribution in [2.75, 3.05) is 6.26 Å².